The van der Waals surface area contributed by atoms with Crippen LogP contribution in [-0.2, 0) is 9.53 Å². The molecule has 0 radical (unpaired) electrons. The number of amides is 1. The van der Waals surface area contributed by atoms with Crippen molar-refractivity contribution in [2.24, 2.45) is 0 Å². The molecule has 4 nitrogen and oxygen atoms in total. The summed E-state index contributed by atoms with van der Waals surface area (Å²) in [6.45, 7) is 3.46. The summed E-state index contributed by atoms with van der Waals surface area (Å²) in [5.74, 6) is -0.761. The molecule has 0 heterocycles. The summed E-state index contributed by atoms with van der Waals surface area (Å²) in [5, 5.41) is 2.71. The zero-order valence-electron chi connectivity index (χ0n) is 10.6. The number of carbonyl (C=O) groups is 2. The number of hydrogen-bond acceptors (Lipinski definition) is 3. The van der Waals surface area contributed by atoms with Crippen LogP contribution in [0, 0.1) is 0 Å². The SMILES string of the molecule is CCC(C)(NC(=O)c1ccccc1Br)C(=O)OC. The van der Waals surface area contributed by atoms with Crippen molar-refractivity contribution in [3.8, 4) is 0 Å². The van der Waals surface area contributed by atoms with Gasteiger partial charge < -0.3 is 10.1 Å². The molecule has 0 bridgehead atoms. The maximum atomic E-state index is 12.1. The predicted molar refractivity (Wildman–Crippen MR) is 72.3 cm³/mol. The Morgan fingerprint density at radius 1 is 1.39 bits per heavy atom. The van der Waals surface area contributed by atoms with Crippen LogP contribution in [0.5, 0.6) is 0 Å². The van der Waals surface area contributed by atoms with E-state index in [1.54, 1.807) is 25.1 Å². The fourth-order valence-electron chi connectivity index (χ4n) is 1.47. The summed E-state index contributed by atoms with van der Waals surface area (Å²) in [5.41, 5.74) is -0.526. The lowest BCUT2D eigenvalue weighted by Gasteiger charge is -2.26. The molecule has 0 fully saturated rings. The zero-order valence-corrected chi connectivity index (χ0v) is 12.2. The average Bonchev–Trinajstić information content (AvgIpc) is 2.37. The van der Waals surface area contributed by atoms with Gasteiger partial charge in [0.2, 0.25) is 0 Å². The minimum Gasteiger partial charge on any atom is -0.467 e. The molecule has 0 aliphatic heterocycles. The fourth-order valence-corrected chi connectivity index (χ4v) is 1.94. The first-order valence-corrected chi connectivity index (χ1v) is 6.39. The molecular weight excluding hydrogens is 298 g/mol. The summed E-state index contributed by atoms with van der Waals surface area (Å²) < 4.78 is 5.39. The summed E-state index contributed by atoms with van der Waals surface area (Å²) in [6.07, 6.45) is 0.454. The number of benzene rings is 1. The van der Waals surface area contributed by atoms with Crippen molar-refractivity contribution in [1.29, 1.82) is 0 Å². The van der Waals surface area contributed by atoms with Crippen LogP contribution in [0.1, 0.15) is 30.6 Å². The maximum Gasteiger partial charge on any atom is 0.331 e. The molecule has 0 saturated heterocycles. The number of nitrogens with one attached hydrogen (secondary N) is 1. The Kier molecular flexibility index (Phi) is 4.90. The van der Waals surface area contributed by atoms with Crippen LogP contribution in [-0.4, -0.2) is 24.5 Å². The number of hydrogen-bond donors (Lipinski definition) is 1. The van der Waals surface area contributed by atoms with E-state index >= 15 is 0 Å². The van der Waals surface area contributed by atoms with Crippen molar-refractivity contribution in [3.05, 3.63) is 34.3 Å². The molecule has 1 unspecified atom stereocenters. The molecule has 0 spiro atoms. The summed E-state index contributed by atoms with van der Waals surface area (Å²) >= 11 is 3.30. The second-order valence-corrected chi connectivity index (χ2v) is 4.97. The Bertz CT molecular complexity index is 461. The number of esters is 1. The molecule has 98 valence electrons. The van der Waals surface area contributed by atoms with E-state index in [2.05, 4.69) is 21.2 Å². The van der Waals surface area contributed by atoms with Crippen molar-refractivity contribution in [3.63, 3.8) is 0 Å². The van der Waals surface area contributed by atoms with E-state index in [9.17, 15) is 9.59 Å². The Morgan fingerprint density at radius 3 is 2.50 bits per heavy atom. The topological polar surface area (TPSA) is 55.4 Å². The molecule has 0 aromatic heterocycles. The highest BCUT2D eigenvalue weighted by Gasteiger charge is 2.34. The minimum absolute atomic E-state index is 0.308. The normalized spacial score (nSPS) is 13.6. The molecule has 1 aromatic rings. The van der Waals surface area contributed by atoms with Gasteiger partial charge in [0.1, 0.15) is 5.54 Å². The first kappa shape index (κ1) is 14.7. The third-order valence-corrected chi connectivity index (χ3v) is 3.54. The van der Waals surface area contributed by atoms with Crippen LogP contribution >= 0.6 is 15.9 Å². The van der Waals surface area contributed by atoms with Crippen LogP contribution < -0.4 is 5.32 Å². The van der Waals surface area contributed by atoms with Gasteiger partial charge in [0.15, 0.2) is 0 Å². The van der Waals surface area contributed by atoms with Crippen LogP contribution in [0.25, 0.3) is 0 Å². The van der Waals surface area contributed by atoms with Crippen molar-refractivity contribution in [2.45, 2.75) is 25.8 Å². The second kappa shape index (κ2) is 6.00. The molecule has 0 aliphatic rings. The monoisotopic (exact) mass is 313 g/mol. The maximum absolute atomic E-state index is 12.1. The van der Waals surface area contributed by atoms with Crippen LogP contribution in [0.4, 0.5) is 0 Å². The lowest BCUT2D eigenvalue weighted by Crippen LogP contribution is -2.52. The lowest BCUT2D eigenvalue weighted by molar-refractivity contribution is -0.147. The standard InChI is InChI=1S/C13H16BrNO3/c1-4-13(2,12(17)18-3)15-11(16)9-7-5-6-8-10(9)14/h5-8H,4H2,1-3H3,(H,15,16). The molecule has 1 N–H and O–H groups in total. The third kappa shape index (κ3) is 3.10. The largest absolute Gasteiger partial charge is 0.467 e. The lowest BCUT2D eigenvalue weighted by atomic mass is 9.98. The predicted octanol–water partition coefficient (Wildman–Crippen LogP) is 2.52. The summed E-state index contributed by atoms with van der Waals surface area (Å²) in [7, 11) is 1.31. The van der Waals surface area contributed by atoms with Gasteiger partial charge in [-0.3, -0.25) is 4.79 Å². The molecule has 1 atom stereocenters. The second-order valence-electron chi connectivity index (χ2n) is 4.11. The minimum atomic E-state index is -1.01. The highest BCUT2D eigenvalue weighted by atomic mass is 79.9. The van der Waals surface area contributed by atoms with Crippen LogP contribution in [0.3, 0.4) is 0 Å². The van der Waals surface area contributed by atoms with Gasteiger partial charge in [0.25, 0.3) is 5.91 Å². The summed E-state index contributed by atoms with van der Waals surface area (Å²) in [6, 6.07) is 7.05. The molecule has 1 rings (SSSR count). The third-order valence-electron chi connectivity index (χ3n) is 2.85. The first-order valence-electron chi connectivity index (χ1n) is 5.60. The fraction of sp³-hybridized carbons (Fsp3) is 0.385. The van der Waals surface area contributed by atoms with E-state index in [1.807, 2.05) is 13.0 Å². The van der Waals surface area contributed by atoms with Gasteiger partial charge >= 0.3 is 5.97 Å². The van der Waals surface area contributed by atoms with E-state index < -0.39 is 11.5 Å². The average molecular weight is 314 g/mol. The number of methoxy groups -OCH3 is 1. The van der Waals surface area contributed by atoms with Crippen molar-refractivity contribution < 1.29 is 14.3 Å². The van der Waals surface area contributed by atoms with E-state index in [0.717, 1.165) is 0 Å². The van der Waals surface area contributed by atoms with E-state index in [1.165, 1.54) is 7.11 Å². The Morgan fingerprint density at radius 2 is 2.00 bits per heavy atom. The number of halogens is 1. The molecule has 18 heavy (non-hydrogen) atoms. The molecule has 0 aliphatic carbocycles. The van der Waals surface area contributed by atoms with Crippen LogP contribution in [0.15, 0.2) is 28.7 Å². The number of carbonyl (C=O) groups excluding carboxylic acids is 2. The first-order chi connectivity index (χ1) is 8.44. The smallest absolute Gasteiger partial charge is 0.331 e. The Labute approximate surface area is 115 Å². The van der Waals surface area contributed by atoms with Gasteiger partial charge in [-0.15, -0.1) is 0 Å². The Hall–Kier alpha value is -1.36. The quantitative estimate of drug-likeness (QED) is 0.869. The van der Waals surface area contributed by atoms with Gasteiger partial charge in [-0.2, -0.15) is 0 Å². The molecule has 1 amide bonds. The van der Waals surface area contributed by atoms with Crippen molar-refractivity contribution in [2.75, 3.05) is 7.11 Å². The molecular formula is C13H16BrNO3. The molecule has 5 heteroatoms. The van der Waals surface area contributed by atoms with E-state index in [4.69, 9.17) is 4.74 Å². The summed E-state index contributed by atoms with van der Waals surface area (Å²) in [4.78, 5) is 23.8. The molecule has 0 saturated carbocycles. The van der Waals surface area contributed by atoms with E-state index in [0.29, 0.717) is 16.5 Å². The Balaban J connectivity index is 2.93. The van der Waals surface area contributed by atoms with Crippen LogP contribution in [0.2, 0.25) is 0 Å². The van der Waals surface area contributed by atoms with Gasteiger partial charge in [0.05, 0.1) is 12.7 Å². The van der Waals surface area contributed by atoms with Crippen molar-refractivity contribution >= 4 is 27.8 Å². The molecule has 1 aromatic carbocycles. The van der Waals surface area contributed by atoms with Gasteiger partial charge in [0, 0.05) is 4.47 Å². The zero-order chi connectivity index (χ0) is 13.8. The van der Waals surface area contributed by atoms with Crippen molar-refractivity contribution in [1.82, 2.24) is 5.32 Å². The number of rotatable bonds is 4. The van der Waals surface area contributed by atoms with Gasteiger partial charge in [-0.25, -0.2) is 4.79 Å². The highest BCUT2D eigenvalue weighted by Crippen LogP contribution is 2.18. The van der Waals surface area contributed by atoms with Gasteiger partial charge in [-0.1, -0.05) is 19.1 Å². The van der Waals surface area contributed by atoms with E-state index in [-0.39, 0.29) is 5.91 Å². The van der Waals surface area contributed by atoms with Gasteiger partial charge in [-0.05, 0) is 41.4 Å². The highest BCUT2D eigenvalue weighted by molar-refractivity contribution is 9.10. The number of ether oxygens (including phenoxy) is 1.